The second-order valence-corrected chi connectivity index (χ2v) is 4.86. The fourth-order valence-electron chi connectivity index (χ4n) is 2.07. The molecule has 0 amide bonds. The van der Waals surface area contributed by atoms with Gasteiger partial charge in [-0.25, -0.2) is 0 Å². The standard InChI is InChI=1S/C15H25NO/c1-5-15(6-2,11-17)16-10-14-9-7-8-12(3)13(14)4/h7-9,16-17H,5-6,10-11H2,1-4H3. The van der Waals surface area contributed by atoms with E-state index < -0.39 is 0 Å². The predicted molar refractivity (Wildman–Crippen MR) is 73.2 cm³/mol. The van der Waals surface area contributed by atoms with E-state index in [-0.39, 0.29) is 12.1 Å². The molecular weight excluding hydrogens is 210 g/mol. The van der Waals surface area contributed by atoms with Crippen molar-refractivity contribution in [2.24, 2.45) is 0 Å². The number of aliphatic hydroxyl groups is 1. The Morgan fingerprint density at radius 3 is 2.35 bits per heavy atom. The van der Waals surface area contributed by atoms with E-state index in [1.54, 1.807) is 0 Å². The smallest absolute Gasteiger partial charge is 0.0613 e. The third-order valence-electron chi connectivity index (χ3n) is 4.03. The summed E-state index contributed by atoms with van der Waals surface area (Å²) in [5, 5.41) is 13.0. The molecule has 2 N–H and O–H groups in total. The summed E-state index contributed by atoms with van der Waals surface area (Å²) in [6, 6.07) is 6.39. The molecule has 0 aliphatic carbocycles. The van der Waals surface area contributed by atoms with Crippen molar-refractivity contribution >= 4 is 0 Å². The maximum absolute atomic E-state index is 9.52. The van der Waals surface area contributed by atoms with E-state index in [2.05, 4.69) is 51.2 Å². The number of benzene rings is 1. The summed E-state index contributed by atoms with van der Waals surface area (Å²) in [7, 11) is 0. The summed E-state index contributed by atoms with van der Waals surface area (Å²) in [6.07, 6.45) is 1.90. The van der Waals surface area contributed by atoms with E-state index in [0.717, 1.165) is 19.4 Å². The van der Waals surface area contributed by atoms with Gasteiger partial charge in [0.1, 0.15) is 0 Å². The minimum atomic E-state index is -0.129. The zero-order chi connectivity index (χ0) is 12.9. The van der Waals surface area contributed by atoms with Gasteiger partial charge in [0.05, 0.1) is 6.61 Å². The molecule has 0 unspecified atom stereocenters. The maximum atomic E-state index is 9.52. The van der Waals surface area contributed by atoms with Crippen LogP contribution in [0.25, 0.3) is 0 Å². The third-order valence-corrected chi connectivity index (χ3v) is 4.03. The molecular formula is C15H25NO. The molecule has 0 fully saturated rings. The Morgan fingerprint density at radius 2 is 1.82 bits per heavy atom. The van der Waals surface area contributed by atoms with Gasteiger partial charge in [0, 0.05) is 12.1 Å². The Hall–Kier alpha value is -0.860. The highest BCUT2D eigenvalue weighted by atomic mass is 16.3. The Labute approximate surface area is 105 Å². The molecule has 2 nitrogen and oxygen atoms in total. The molecule has 1 aromatic carbocycles. The Balaban J connectivity index is 2.75. The van der Waals surface area contributed by atoms with Gasteiger partial charge in [-0.3, -0.25) is 0 Å². The number of aryl methyl sites for hydroxylation is 1. The summed E-state index contributed by atoms with van der Waals surface area (Å²) < 4.78 is 0. The van der Waals surface area contributed by atoms with E-state index in [1.807, 2.05) is 0 Å². The fourth-order valence-corrected chi connectivity index (χ4v) is 2.07. The normalized spacial score (nSPS) is 11.8. The second kappa shape index (κ2) is 6.18. The van der Waals surface area contributed by atoms with Gasteiger partial charge in [-0.15, -0.1) is 0 Å². The lowest BCUT2D eigenvalue weighted by atomic mass is 9.93. The molecule has 0 heterocycles. The van der Waals surface area contributed by atoms with E-state index in [4.69, 9.17) is 0 Å². The molecule has 0 radical (unpaired) electrons. The Morgan fingerprint density at radius 1 is 1.18 bits per heavy atom. The lowest BCUT2D eigenvalue weighted by Crippen LogP contribution is -2.47. The first-order valence-corrected chi connectivity index (χ1v) is 6.49. The largest absolute Gasteiger partial charge is 0.394 e. The fraction of sp³-hybridized carbons (Fsp3) is 0.600. The molecule has 0 bridgehead atoms. The quantitative estimate of drug-likeness (QED) is 0.794. The van der Waals surface area contributed by atoms with Crippen LogP contribution in [0.3, 0.4) is 0 Å². The highest BCUT2D eigenvalue weighted by Crippen LogP contribution is 2.17. The second-order valence-electron chi connectivity index (χ2n) is 4.86. The molecule has 1 aromatic rings. The van der Waals surface area contributed by atoms with Crippen LogP contribution in [0.4, 0.5) is 0 Å². The average Bonchev–Trinajstić information content (AvgIpc) is 2.36. The van der Waals surface area contributed by atoms with Gasteiger partial charge in [-0.1, -0.05) is 32.0 Å². The van der Waals surface area contributed by atoms with Gasteiger partial charge in [0.2, 0.25) is 0 Å². The van der Waals surface area contributed by atoms with Gasteiger partial charge in [-0.05, 0) is 43.4 Å². The van der Waals surface area contributed by atoms with Gasteiger partial charge in [0.25, 0.3) is 0 Å². The van der Waals surface area contributed by atoms with Gasteiger partial charge in [-0.2, -0.15) is 0 Å². The minimum absolute atomic E-state index is 0.129. The molecule has 0 aliphatic heterocycles. The first-order chi connectivity index (χ1) is 8.08. The Kier molecular flexibility index (Phi) is 5.16. The van der Waals surface area contributed by atoms with Crippen LogP contribution < -0.4 is 5.32 Å². The molecule has 96 valence electrons. The van der Waals surface area contributed by atoms with Crippen LogP contribution in [0.1, 0.15) is 43.4 Å². The van der Waals surface area contributed by atoms with Crippen molar-refractivity contribution in [3.63, 3.8) is 0 Å². The van der Waals surface area contributed by atoms with Gasteiger partial charge in [0.15, 0.2) is 0 Å². The molecule has 2 heteroatoms. The Bertz CT molecular complexity index is 348. The van der Waals surface area contributed by atoms with Crippen LogP contribution in [-0.2, 0) is 6.54 Å². The van der Waals surface area contributed by atoms with Crippen LogP contribution in [-0.4, -0.2) is 17.3 Å². The maximum Gasteiger partial charge on any atom is 0.0613 e. The summed E-state index contributed by atoms with van der Waals surface area (Å²) in [5.41, 5.74) is 3.87. The van der Waals surface area contributed by atoms with Gasteiger partial charge >= 0.3 is 0 Å². The molecule has 0 aliphatic rings. The van der Waals surface area contributed by atoms with Crippen molar-refractivity contribution in [1.29, 1.82) is 0 Å². The number of nitrogens with one attached hydrogen (secondary N) is 1. The van der Waals surface area contributed by atoms with E-state index in [0.29, 0.717) is 0 Å². The summed E-state index contributed by atoms with van der Waals surface area (Å²) >= 11 is 0. The zero-order valence-corrected chi connectivity index (χ0v) is 11.5. The molecule has 0 spiro atoms. The molecule has 0 saturated heterocycles. The van der Waals surface area contributed by atoms with Gasteiger partial charge < -0.3 is 10.4 Å². The molecule has 1 rings (SSSR count). The first-order valence-electron chi connectivity index (χ1n) is 6.49. The van der Waals surface area contributed by atoms with Crippen molar-refractivity contribution in [3.05, 3.63) is 34.9 Å². The number of rotatable bonds is 6. The number of hydrogen-bond acceptors (Lipinski definition) is 2. The van der Waals surface area contributed by atoms with Crippen molar-refractivity contribution in [2.45, 2.75) is 52.6 Å². The van der Waals surface area contributed by atoms with Crippen molar-refractivity contribution < 1.29 is 5.11 Å². The first kappa shape index (κ1) is 14.2. The highest BCUT2D eigenvalue weighted by molar-refractivity contribution is 5.33. The molecule has 0 saturated carbocycles. The summed E-state index contributed by atoms with van der Waals surface area (Å²) in [4.78, 5) is 0. The SMILES string of the molecule is CCC(CC)(CO)NCc1cccc(C)c1C. The van der Waals surface area contributed by atoms with Crippen molar-refractivity contribution in [1.82, 2.24) is 5.32 Å². The predicted octanol–water partition coefficient (Wildman–Crippen LogP) is 2.94. The third kappa shape index (κ3) is 3.30. The minimum Gasteiger partial charge on any atom is -0.394 e. The molecule has 0 atom stereocenters. The van der Waals surface area contributed by atoms with Crippen LogP contribution >= 0.6 is 0 Å². The molecule has 0 aromatic heterocycles. The number of aliphatic hydroxyl groups excluding tert-OH is 1. The molecule has 17 heavy (non-hydrogen) atoms. The number of hydrogen-bond donors (Lipinski definition) is 2. The summed E-state index contributed by atoms with van der Waals surface area (Å²) in [5.74, 6) is 0. The monoisotopic (exact) mass is 235 g/mol. The lowest BCUT2D eigenvalue weighted by Gasteiger charge is -2.31. The average molecular weight is 235 g/mol. The van der Waals surface area contributed by atoms with Crippen molar-refractivity contribution in [2.75, 3.05) is 6.61 Å². The van der Waals surface area contributed by atoms with Crippen LogP contribution in [0.2, 0.25) is 0 Å². The summed E-state index contributed by atoms with van der Waals surface area (Å²) in [6.45, 7) is 9.56. The zero-order valence-electron chi connectivity index (χ0n) is 11.5. The van der Waals surface area contributed by atoms with Crippen molar-refractivity contribution in [3.8, 4) is 0 Å². The van der Waals surface area contributed by atoms with Crippen LogP contribution in [0.15, 0.2) is 18.2 Å². The van der Waals surface area contributed by atoms with Crippen LogP contribution in [0.5, 0.6) is 0 Å². The highest BCUT2D eigenvalue weighted by Gasteiger charge is 2.24. The van der Waals surface area contributed by atoms with Crippen LogP contribution in [0, 0.1) is 13.8 Å². The van der Waals surface area contributed by atoms with E-state index >= 15 is 0 Å². The van der Waals surface area contributed by atoms with E-state index in [1.165, 1.54) is 16.7 Å². The topological polar surface area (TPSA) is 32.3 Å². The lowest BCUT2D eigenvalue weighted by molar-refractivity contribution is 0.149. The van der Waals surface area contributed by atoms with E-state index in [9.17, 15) is 5.11 Å².